The molecule has 8 heavy (non-hydrogen) atoms. The summed E-state index contributed by atoms with van der Waals surface area (Å²) >= 11 is 9.53. The van der Waals surface area contributed by atoms with E-state index in [1.165, 1.54) is 12.4 Å². The molecule has 0 aliphatic rings. The minimum absolute atomic E-state index is 0.194. The first kappa shape index (κ1) is 10.9. The van der Waals surface area contributed by atoms with Gasteiger partial charge in [0, 0.05) is 6.92 Å². The molecule has 0 fully saturated rings. The number of hydrogen-bond acceptors (Lipinski definition) is 2. The Morgan fingerprint density at radius 1 is 1.75 bits per heavy atom. The zero-order valence-electron chi connectivity index (χ0n) is 4.32. The van der Waals surface area contributed by atoms with Crippen LogP contribution in [0.1, 0.15) is 6.92 Å². The zero-order valence-corrected chi connectivity index (χ0v) is 5.83. The van der Waals surface area contributed by atoms with Crippen LogP contribution < -0.4 is 5.48 Å². The van der Waals surface area contributed by atoms with Gasteiger partial charge in [-0.05, 0) is 0 Å². The molecule has 0 spiro atoms. The second-order valence-corrected chi connectivity index (χ2v) is 1.58. The fourth-order valence-electron chi connectivity index (χ4n) is 0. The highest BCUT2D eigenvalue weighted by Crippen LogP contribution is 1.73. The zero-order chi connectivity index (χ0) is 6.99. The standard InChI is InChI=1S/C2H5NO2.CH2Cl2/c1-2(4)3-5;2-1-3/h5H,1H3,(H,3,4);1H2. The molecule has 0 rings (SSSR count). The third-order valence-corrected chi connectivity index (χ3v) is 0.157. The number of carbonyl (C=O) groups excluding carboxylic acids is 1. The molecule has 0 aliphatic heterocycles. The molecule has 0 unspecified atom stereocenters. The lowest BCUT2D eigenvalue weighted by Gasteiger charge is -1.78. The van der Waals surface area contributed by atoms with Crippen molar-refractivity contribution in [1.82, 2.24) is 5.48 Å². The van der Waals surface area contributed by atoms with Crippen molar-refractivity contribution >= 4 is 29.1 Å². The molecule has 50 valence electrons. The van der Waals surface area contributed by atoms with Gasteiger partial charge in [0.05, 0.1) is 5.34 Å². The lowest BCUT2D eigenvalue weighted by molar-refractivity contribution is -0.126. The van der Waals surface area contributed by atoms with E-state index in [0.717, 1.165) is 0 Å². The maximum atomic E-state index is 9.45. The smallest absolute Gasteiger partial charge is 0.240 e. The number of halogens is 2. The Balaban J connectivity index is 0. The van der Waals surface area contributed by atoms with Crippen LogP contribution in [-0.4, -0.2) is 16.5 Å². The third kappa shape index (κ3) is 37.3. The summed E-state index contributed by atoms with van der Waals surface area (Å²) in [7, 11) is 0. The largest absolute Gasteiger partial charge is 0.289 e. The van der Waals surface area contributed by atoms with Crippen LogP contribution in [0.15, 0.2) is 0 Å². The molecule has 0 saturated carbocycles. The maximum absolute atomic E-state index is 9.45. The number of rotatable bonds is 0. The van der Waals surface area contributed by atoms with Gasteiger partial charge in [0.1, 0.15) is 0 Å². The molecule has 1 amide bonds. The first-order chi connectivity index (χ1) is 3.68. The minimum Gasteiger partial charge on any atom is -0.289 e. The van der Waals surface area contributed by atoms with Crippen LogP contribution >= 0.6 is 23.2 Å². The first-order valence-electron chi connectivity index (χ1n) is 1.71. The van der Waals surface area contributed by atoms with Crippen LogP contribution in [0.4, 0.5) is 0 Å². The van der Waals surface area contributed by atoms with Gasteiger partial charge < -0.3 is 0 Å². The third-order valence-electron chi connectivity index (χ3n) is 0.157. The van der Waals surface area contributed by atoms with Crippen LogP contribution in [0.2, 0.25) is 0 Å². The lowest BCUT2D eigenvalue weighted by Crippen LogP contribution is -2.12. The van der Waals surface area contributed by atoms with E-state index in [-0.39, 0.29) is 5.34 Å². The van der Waals surface area contributed by atoms with Crippen molar-refractivity contribution in [3.05, 3.63) is 0 Å². The van der Waals surface area contributed by atoms with Crippen LogP contribution in [0.5, 0.6) is 0 Å². The molecule has 0 aromatic heterocycles. The van der Waals surface area contributed by atoms with Gasteiger partial charge in [-0.2, -0.15) is 0 Å². The Morgan fingerprint density at radius 2 is 1.88 bits per heavy atom. The molecule has 0 radical (unpaired) electrons. The van der Waals surface area contributed by atoms with Crippen molar-refractivity contribution in [2.24, 2.45) is 0 Å². The number of nitrogens with one attached hydrogen (secondary N) is 1. The van der Waals surface area contributed by atoms with E-state index in [9.17, 15) is 4.79 Å². The molecule has 0 bridgehead atoms. The highest BCUT2D eigenvalue weighted by molar-refractivity contribution is 6.40. The van der Waals surface area contributed by atoms with E-state index < -0.39 is 5.91 Å². The van der Waals surface area contributed by atoms with E-state index in [4.69, 9.17) is 28.4 Å². The Bertz CT molecular complexity index is 59.2. The number of amides is 1. The second kappa shape index (κ2) is 10.1. The SMILES string of the molecule is CC(=O)NO.ClCCl. The fraction of sp³-hybridized carbons (Fsp3) is 0.667. The van der Waals surface area contributed by atoms with Gasteiger partial charge in [0.2, 0.25) is 5.91 Å². The molecule has 2 N–H and O–H groups in total. The maximum Gasteiger partial charge on any atom is 0.240 e. The van der Waals surface area contributed by atoms with Gasteiger partial charge in [-0.15, -0.1) is 23.2 Å². The number of hydroxylamine groups is 1. The minimum atomic E-state index is -0.440. The summed E-state index contributed by atoms with van der Waals surface area (Å²) in [5, 5.41) is 7.74. The summed E-state index contributed by atoms with van der Waals surface area (Å²) in [6.45, 7) is 1.22. The normalized spacial score (nSPS) is 6.50. The molecular formula is C3H7Cl2NO2. The second-order valence-electron chi connectivity index (χ2n) is 0.769. The molecule has 0 aliphatic carbocycles. The summed E-state index contributed by atoms with van der Waals surface area (Å²) in [4.78, 5) is 9.45. The van der Waals surface area contributed by atoms with Crippen LogP contribution in [0.3, 0.4) is 0 Å². The summed E-state index contributed by atoms with van der Waals surface area (Å²) in [5.74, 6) is -0.440. The topological polar surface area (TPSA) is 49.3 Å². The van der Waals surface area contributed by atoms with Gasteiger partial charge in [0.25, 0.3) is 0 Å². The Hall–Kier alpha value is 0.01000. The van der Waals surface area contributed by atoms with E-state index in [1.807, 2.05) is 0 Å². The Labute approximate surface area is 57.5 Å². The van der Waals surface area contributed by atoms with E-state index >= 15 is 0 Å². The lowest BCUT2D eigenvalue weighted by atomic mass is 10.8. The van der Waals surface area contributed by atoms with Crippen molar-refractivity contribution in [3.63, 3.8) is 0 Å². The van der Waals surface area contributed by atoms with Crippen LogP contribution in [-0.2, 0) is 4.79 Å². The summed E-state index contributed by atoms with van der Waals surface area (Å²) < 4.78 is 0. The van der Waals surface area contributed by atoms with Crippen molar-refractivity contribution in [1.29, 1.82) is 0 Å². The molecule has 0 aromatic carbocycles. The molecule has 0 aromatic rings. The van der Waals surface area contributed by atoms with Gasteiger partial charge in [-0.1, -0.05) is 0 Å². The van der Waals surface area contributed by atoms with E-state index in [2.05, 4.69) is 0 Å². The average Bonchev–Trinajstić information content (AvgIpc) is 1.69. The van der Waals surface area contributed by atoms with Crippen molar-refractivity contribution < 1.29 is 10.0 Å². The van der Waals surface area contributed by atoms with Crippen molar-refractivity contribution in [2.75, 3.05) is 5.34 Å². The van der Waals surface area contributed by atoms with Gasteiger partial charge in [0.15, 0.2) is 0 Å². The molecular weight excluding hydrogens is 153 g/mol. The fourth-order valence-corrected chi connectivity index (χ4v) is 0. The molecule has 0 heterocycles. The summed E-state index contributed by atoms with van der Waals surface area (Å²) in [6.07, 6.45) is 0. The first-order valence-corrected chi connectivity index (χ1v) is 2.78. The van der Waals surface area contributed by atoms with Gasteiger partial charge in [-0.3, -0.25) is 10.0 Å². The molecule has 3 nitrogen and oxygen atoms in total. The molecule has 0 atom stereocenters. The Morgan fingerprint density at radius 3 is 1.88 bits per heavy atom. The number of carbonyl (C=O) groups is 1. The predicted molar refractivity (Wildman–Crippen MR) is 32.2 cm³/mol. The van der Waals surface area contributed by atoms with Crippen LogP contribution in [0.25, 0.3) is 0 Å². The highest BCUT2D eigenvalue weighted by Gasteiger charge is 1.74. The van der Waals surface area contributed by atoms with Crippen molar-refractivity contribution in [2.45, 2.75) is 6.92 Å². The Kier molecular flexibility index (Phi) is 13.7. The van der Waals surface area contributed by atoms with Crippen LogP contribution in [0, 0.1) is 0 Å². The average molecular weight is 160 g/mol. The summed E-state index contributed by atoms with van der Waals surface area (Å²) in [5.41, 5.74) is 1.39. The van der Waals surface area contributed by atoms with E-state index in [0.29, 0.717) is 0 Å². The monoisotopic (exact) mass is 159 g/mol. The van der Waals surface area contributed by atoms with E-state index in [1.54, 1.807) is 0 Å². The summed E-state index contributed by atoms with van der Waals surface area (Å²) in [6, 6.07) is 0. The molecule has 5 heteroatoms. The number of alkyl halides is 2. The number of hydrogen-bond donors (Lipinski definition) is 2. The quantitative estimate of drug-likeness (QED) is 0.314. The van der Waals surface area contributed by atoms with Gasteiger partial charge >= 0.3 is 0 Å². The molecule has 0 saturated heterocycles. The predicted octanol–water partition coefficient (Wildman–Crippen LogP) is 0.933. The van der Waals surface area contributed by atoms with Gasteiger partial charge in [-0.25, -0.2) is 5.48 Å². The highest BCUT2D eigenvalue weighted by atomic mass is 35.5. The van der Waals surface area contributed by atoms with Crippen molar-refractivity contribution in [3.8, 4) is 0 Å².